The minimum Gasteiger partial charge on any atom is -0.295 e. The zero-order valence-corrected chi connectivity index (χ0v) is 12.1. The van der Waals surface area contributed by atoms with Gasteiger partial charge in [0.2, 0.25) is 0 Å². The Kier molecular flexibility index (Phi) is 5.02. The maximum Gasteiger partial charge on any atom is 0.269 e. The molecule has 0 aliphatic carbocycles. The van der Waals surface area contributed by atoms with Gasteiger partial charge in [0.25, 0.3) is 5.69 Å². The van der Waals surface area contributed by atoms with Gasteiger partial charge in [-0.1, -0.05) is 44.0 Å². The van der Waals surface area contributed by atoms with Crippen LogP contribution in [0.4, 0.5) is 5.69 Å². The van der Waals surface area contributed by atoms with Gasteiger partial charge >= 0.3 is 0 Å². The van der Waals surface area contributed by atoms with Gasteiger partial charge < -0.3 is 0 Å². The molecule has 1 aromatic carbocycles. The smallest absolute Gasteiger partial charge is 0.269 e. The maximum absolute atomic E-state index is 11.3. The molecule has 0 bridgehead atoms. The van der Waals surface area contributed by atoms with Gasteiger partial charge in [0, 0.05) is 17.7 Å². The number of nitro benzene ring substituents is 1. The molecule has 1 rings (SSSR count). The van der Waals surface area contributed by atoms with E-state index < -0.39 is 4.92 Å². The van der Waals surface area contributed by atoms with Gasteiger partial charge in [-0.25, -0.2) is 0 Å². The highest BCUT2D eigenvalue weighted by atomic mass is 79.9. The number of Topliss-reactive ketones (excluding diaryl/α,β-unsaturated/α-hetero) is 1. The first-order valence-electron chi connectivity index (χ1n) is 4.67. The number of carbonyl (C=O) groups is 1. The highest BCUT2D eigenvalue weighted by Gasteiger charge is 2.18. The molecule has 0 heterocycles. The Morgan fingerprint density at radius 2 is 2.18 bits per heavy atom. The van der Waals surface area contributed by atoms with Crippen molar-refractivity contribution in [2.75, 3.05) is 0 Å². The lowest BCUT2D eigenvalue weighted by atomic mass is 10.0. The molecule has 0 aromatic heterocycles. The molecule has 0 aliphatic rings. The Bertz CT molecular complexity index is 485. The van der Waals surface area contributed by atoms with E-state index in [-0.39, 0.29) is 16.3 Å². The highest BCUT2D eigenvalue weighted by molar-refractivity contribution is 9.11. The number of hydrogen-bond donors (Lipinski definition) is 0. The summed E-state index contributed by atoms with van der Waals surface area (Å²) in [5.74, 6) is -0.102. The maximum atomic E-state index is 11.3. The van der Waals surface area contributed by atoms with Crippen molar-refractivity contribution in [3.63, 3.8) is 0 Å². The second kappa shape index (κ2) is 6.07. The van der Waals surface area contributed by atoms with Crippen LogP contribution >= 0.6 is 31.9 Å². The van der Waals surface area contributed by atoms with Gasteiger partial charge in [-0.15, -0.1) is 0 Å². The molecule has 0 spiro atoms. The summed E-state index contributed by atoms with van der Waals surface area (Å²) < 4.78 is 0. The Balaban J connectivity index is 3.12. The lowest BCUT2D eigenvalue weighted by molar-refractivity contribution is -0.384. The third-order valence-corrected chi connectivity index (χ3v) is 3.69. The van der Waals surface area contributed by atoms with Crippen molar-refractivity contribution in [2.45, 2.75) is 11.8 Å². The van der Waals surface area contributed by atoms with Gasteiger partial charge in [-0.2, -0.15) is 0 Å². The molecule has 0 radical (unpaired) electrons. The Labute approximate surface area is 115 Å². The van der Waals surface area contributed by atoms with Crippen molar-refractivity contribution in [2.24, 2.45) is 0 Å². The van der Waals surface area contributed by atoms with E-state index in [9.17, 15) is 14.9 Å². The van der Waals surface area contributed by atoms with E-state index in [0.717, 1.165) is 0 Å². The average molecular weight is 363 g/mol. The Morgan fingerprint density at radius 3 is 2.65 bits per heavy atom. The fraction of sp³-hybridized carbons (Fsp3) is 0.182. The van der Waals surface area contributed by atoms with E-state index in [4.69, 9.17) is 0 Å². The van der Waals surface area contributed by atoms with Crippen molar-refractivity contribution in [1.29, 1.82) is 0 Å². The summed E-state index contributed by atoms with van der Waals surface area (Å²) >= 11 is 6.47. The Morgan fingerprint density at radius 1 is 1.53 bits per heavy atom. The van der Waals surface area contributed by atoms with Crippen LogP contribution in [-0.2, 0) is 4.79 Å². The molecule has 0 amide bonds. The molecule has 0 fully saturated rings. The number of benzene rings is 1. The van der Waals surface area contributed by atoms with Crippen molar-refractivity contribution >= 4 is 43.3 Å². The molecule has 17 heavy (non-hydrogen) atoms. The molecule has 1 unspecified atom stereocenters. The van der Waals surface area contributed by atoms with Gasteiger partial charge in [0.1, 0.15) is 0 Å². The zero-order chi connectivity index (χ0) is 13.0. The minimum absolute atomic E-state index is 0.00410. The molecule has 0 saturated carbocycles. The third kappa shape index (κ3) is 3.47. The van der Waals surface area contributed by atoms with E-state index in [1.807, 2.05) is 0 Å². The van der Waals surface area contributed by atoms with Gasteiger partial charge in [-0.3, -0.25) is 14.9 Å². The van der Waals surface area contributed by atoms with Gasteiger partial charge in [0.05, 0.1) is 9.75 Å². The van der Waals surface area contributed by atoms with E-state index >= 15 is 0 Å². The molecular weight excluding hydrogens is 354 g/mol. The average Bonchev–Trinajstić information content (AvgIpc) is 2.29. The van der Waals surface area contributed by atoms with Crippen molar-refractivity contribution in [1.82, 2.24) is 0 Å². The molecule has 1 aromatic rings. The molecule has 90 valence electrons. The number of ketones is 1. The highest BCUT2D eigenvalue weighted by Crippen LogP contribution is 2.33. The normalized spacial score (nSPS) is 13.2. The lowest BCUT2D eigenvalue weighted by Crippen LogP contribution is -2.03. The van der Waals surface area contributed by atoms with E-state index in [1.165, 1.54) is 24.0 Å². The molecule has 1 atom stereocenters. The number of non-ortho nitro benzene ring substituents is 1. The molecule has 0 aliphatic heterocycles. The number of carbonyl (C=O) groups excluding carboxylic acids is 1. The molecule has 6 heteroatoms. The fourth-order valence-electron chi connectivity index (χ4n) is 1.29. The summed E-state index contributed by atoms with van der Waals surface area (Å²) in [5, 5.41) is 10.6. The topological polar surface area (TPSA) is 60.2 Å². The number of nitrogens with zero attached hydrogens (tertiary/aromatic N) is 1. The van der Waals surface area contributed by atoms with Crippen LogP contribution in [-0.4, -0.2) is 10.7 Å². The van der Waals surface area contributed by atoms with Crippen LogP contribution in [0.25, 0.3) is 0 Å². The third-order valence-electron chi connectivity index (χ3n) is 2.17. The van der Waals surface area contributed by atoms with Crippen LogP contribution in [0.1, 0.15) is 17.3 Å². The van der Waals surface area contributed by atoms with Crippen molar-refractivity contribution in [3.8, 4) is 0 Å². The van der Waals surface area contributed by atoms with Crippen LogP contribution in [0.2, 0.25) is 0 Å². The van der Waals surface area contributed by atoms with Gasteiger partial charge in [-0.05, 0) is 17.5 Å². The fourth-order valence-corrected chi connectivity index (χ4v) is 2.97. The predicted octanol–water partition coefficient (Wildman–Crippen LogP) is 3.90. The predicted molar refractivity (Wildman–Crippen MR) is 72.5 cm³/mol. The number of allylic oxidation sites excluding steroid dienone is 1. The molecular formula is C11H9Br2NO3. The summed E-state index contributed by atoms with van der Waals surface area (Å²) in [6.07, 6.45) is 0. The summed E-state index contributed by atoms with van der Waals surface area (Å²) in [5.41, 5.74) is 1.18. The van der Waals surface area contributed by atoms with E-state index in [2.05, 4.69) is 31.9 Å². The molecule has 0 N–H and O–H groups in total. The standard InChI is InChI=1S/C11H9Br2NO3/c1-7(15)10(6-12)11(13)8-3-2-4-9(5-8)14(16)17/h2-6,11H,1H3/b10-6-. The van der Waals surface area contributed by atoms with Crippen LogP contribution in [0, 0.1) is 10.1 Å². The number of halogens is 2. The van der Waals surface area contributed by atoms with E-state index in [1.54, 1.807) is 12.1 Å². The second-order valence-electron chi connectivity index (χ2n) is 3.34. The summed E-state index contributed by atoms with van der Waals surface area (Å²) in [4.78, 5) is 22.7. The van der Waals surface area contributed by atoms with Crippen LogP contribution in [0.15, 0.2) is 34.8 Å². The summed E-state index contributed by atoms with van der Waals surface area (Å²) in [6.45, 7) is 1.44. The quantitative estimate of drug-likeness (QED) is 0.353. The summed E-state index contributed by atoms with van der Waals surface area (Å²) in [7, 11) is 0. The number of rotatable bonds is 4. The first-order valence-corrected chi connectivity index (χ1v) is 6.50. The monoisotopic (exact) mass is 361 g/mol. The molecule has 0 saturated heterocycles. The number of hydrogen-bond acceptors (Lipinski definition) is 3. The van der Waals surface area contributed by atoms with E-state index in [0.29, 0.717) is 11.1 Å². The summed E-state index contributed by atoms with van der Waals surface area (Å²) in [6, 6.07) is 6.17. The molecule has 4 nitrogen and oxygen atoms in total. The SMILES string of the molecule is CC(=O)/C(=C/Br)C(Br)c1cccc([N+](=O)[O-])c1. The van der Waals surface area contributed by atoms with Crippen LogP contribution in [0.3, 0.4) is 0 Å². The minimum atomic E-state index is -0.464. The largest absolute Gasteiger partial charge is 0.295 e. The van der Waals surface area contributed by atoms with Gasteiger partial charge in [0.15, 0.2) is 5.78 Å². The number of alkyl halides is 1. The first-order chi connectivity index (χ1) is 7.97. The van der Waals surface area contributed by atoms with Crippen LogP contribution < -0.4 is 0 Å². The number of nitro groups is 1. The lowest BCUT2D eigenvalue weighted by Gasteiger charge is -2.11. The van der Waals surface area contributed by atoms with Crippen molar-refractivity contribution in [3.05, 3.63) is 50.5 Å². The Hall–Kier alpha value is -1.01. The second-order valence-corrected chi connectivity index (χ2v) is 4.71. The first kappa shape index (κ1) is 14.1. The zero-order valence-electron chi connectivity index (χ0n) is 8.89. The van der Waals surface area contributed by atoms with Crippen molar-refractivity contribution < 1.29 is 9.72 Å². The van der Waals surface area contributed by atoms with Crippen LogP contribution in [0.5, 0.6) is 0 Å².